The van der Waals surface area contributed by atoms with Gasteiger partial charge in [-0.1, -0.05) is 48.5 Å². The highest BCUT2D eigenvalue weighted by molar-refractivity contribution is 5.77. The molecule has 40 heavy (non-hydrogen) atoms. The van der Waals surface area contributed by atoms with E-state index in [1.165, 1.54) is 30.4 Å². The first-order valence-electron chi connectivity index (χ1n) is 14.2. The summed E-state index contributed by atoms with van der Waals surface area (Å²) in [6.07, 6.45) is 5.55. The molecule has 0 spiro atoms. The molecule has 1 aliphatic heterocycles. The maximum absolute atomic E-state index is 11.8. The minimum atomic E-state index is -1.02. The highest BCUT2D eigenvalue weighted by atomic mass is 16.5. The van der Waals surface area contributed by atoms with E-state index in [0.717, 1.165) is 41.3 Å². The second kappa shape index (κ2) is 12.9. The van der Waals surface area contributed by atoms with E-state index < -0.39 is 18.0 Å². The minimum absolute atomic E-state index is 0.0408. The number of hydrogen-bond acceptors (Lipinski definition) is 5. The fourth-order valence-corrected chi connectivity index (χ4v) is 5.84. The second-order valence-corrected chi connectivity index (χ2v) is 10.8. The maximum atomic E-state index is 11.8. The van der Waals surface area contributed by atoms with Crippen LogP contribution in [0.3, 0.4) is 0 Å². The Bertz CT molecular complexity index is 1300. The van der Waals surface area contributed by atoms with Crippen LogP contribution in [0.2, 0.25) is 0 Å². The molecule has 1 unspecified atom stereocenters. The number of fused-ring (bicyclic) bond motifs is 2. The summed E-state index contributed by atoms with van der Waals surface area (Å²) in [4.78, 5) is 24.7. The molecule has 2 aliphatic rings. The quantitative estimate of drug-likeness (QED) is 0.272. The number of nitrogens with zero attached hydrogens (tertiary/aromatic N) is 1. The lowest BCUT2D eigenvalue weighted by Crippen LogP contribution is -2.45. The molecule has 2 N–H and O–H groups in total. The van der Waals surface area contributed by atoms with Gasteiger partial charge in [-0.25, -0.2) is 4.79 Å². The summed E-state index contributed by atoms with van der Waals surface area (Å²) in [5.74, 6) is 0.303. The third-order valence-corrected chi connectivity index (χ3v) is 7.92. The van der Waals surface area contributed by atoms with Gasteiger partial charge in [0.05, 0.1) is 18.8 Å². The molecule has 210 valence electrons. The van der Waals surface area contributed by atoms with Crippen molar-refractivity contribution < 1.29 is 29.3 Å². The number of aliphatic carboxylic acids is 2. The summed E-state index contributed by atoms with van der Waals surface area (Å²) in [6.45, 7) is 1.38. The summed E-state index contributed by atoms with van der Waals surface area (Å²) in [5, 5.41) is 18.6. The van der Waals surface area contributed by atoms with Crippen LogP contribution < -0.4 is 14.4 Å². The molecule has 1 aliphatic carbocycles. The van der Waals surface area contributed by atoms with Gasteiger partial charge in [0, 0.05) is 13.0 Å². The van der Waals surface area contributed by atoms with Crippen molar-refractivity contribution in [2.45, 2.75) is 57.5 Å². The van der Waals surface area contributed by atoms with Crippen LogP contribution in [0.5, 0.6) is 11.5 Å². The van der Waals surface area contributed by atoms with Gasteiger partial charge in [0.15, 0.2) is 0 Å². The van der Waals surface area contributed by atoms with Crippen molar-refractivity contribution >= 4 is 17.6 Å². The number of carboxylic acid groups (broad SMARTS) is 2. The predicted molar refractivity (Wildman–Crippen MR) is 153 cm³/mol. The molecule has 0 saturated heterocycles. The third kappa shape index (κ3) is 6.95. The van der Waals surface area contributed by atoms with Gasteiger partial charge >= 0.3 is 11.9 Å². The molecule has 7 heteroatoms. The zero-order valence-electron chi connectivity index (χ0n) is 22.8. The molecule has 0 amide bonds. The van der Waals surface area contributed by atoms with Crippen molar-refractivity contribution in [1.29, 1.82) is 0 Å². The number of hydrogen-bond donors (Lipinski definition) is 2. The smallest absolute Gasteiger partial charge is 0.346 e. The zero-order chi connectivity index (χ0) is 27.9. The van der Waals surface area contributed by atoms with E-state index in [-0.39, 0.29) is 13.0 Å². The molecule has 5 rings (SSSR count). The Morgan fingerprint density at radius 3 is 2.35 bits per heavy atom. The van der Waals surface area contributed by atoms with Gasteiger partial charge in [-0.05, 0) is 91.3 Å². The Hall–Kier alpha value is -4.00. The number of benzene rings is 3. The van der Waals surface area contributed by atoms with Crippen molar-refractivity contribution in [2.24, 2.45) is 5.92 Å². The number of carboxylic acids is 2. The predicted octanol–water partition coefficient (Wildman–Crippen LogP) is 5.56. The number of ether oxygens (including phenoxy) is 2. The Labute approximate surface area is 235 Å². The van der Waals surface area contributed by atoms with Gasteiger partial charge < -0.3 is 24.6 Å². The lowest BCUT2D eigenvalue weighted by atomic mass is 10.0. The van der Waals surface area contributed by atoms with Gasteiger partial charge in [0.25, 0.3) is 0 Å². The Balaban J connectivity index is 1.12. The Morgan fingerprint density at radius 1 is 0.900 bits per heavy atom. The SMILES string of the molecule is O=C(O)CCCN1CC(C(=O)O)Oc2c(CCc3ccc(OCCCC4Cc5ccccc5C4)cc3)cccc21. The average Bonchev–Trinajstić information content (AvgIpc) is 3.37. The molecule has 7 nitrogen and oxygen atoms in total. The zero-order valence-corrected chi connectivity index (χ0v) is 22.8. The second-order valence-electron chi connectivity index (χ2n) is 10.8. The lowest BCUT2D eigenvalue weighted by Gasteiger charge is -2.35. The Kier molecular flexibility index (Phi) is 8.89. The van der Waals surface area contributed by atoms with E-state index in [0.29, 0.717) is 31.7 Å². The summed E-state index contributed by atoms with van der Waals surface area (Å²) < 4.78 is 11.9. The Morgan fingerprint density at radius 2 is 1.65 bits per heavy atom. The largest absolute Gasteiger partial charge is 0.494 e. The topological polar surface area (TPSA) is 96.3 Å². The first kappa shape index (κ1) is 27.6. The van der Waals surface area contributed by atoms with Crippen LogP contribution in [0.1, 0.15) is 47.9 Å². The first-order chi connectivity index (χ1) is 19.5. The van der Waals surface area contributed by atoms with Gasteiger partial charge in [0.2, 0.25) is 6.10 Å². The first-order valence-corrected chi connectivity index (χ1v) is 14.2. The van der Waals surface area contributed by atoms with E-state index in [1.54, 1.807) is 0 Å². The van der Waals surface area contributed by atoms with E-state index in [9.17, 15) is 14.7 Å². The lowest BCUT2D eigenvalue weighted by molar-refractivity contribution is -0.145. The highest BCUT2D eigenvalue weighted by Gasteiger charge is 2.32. The average molecular weight is 544 g/mol. The fourth-order valence-electron chi connectivity index (χ4n) is 5.84. The van der Waals surface area contributed by atoms with E-state index in [2.05, 4.69) is 36.4 Å². The number of para-hydroxylation sites is 1. The molecule has 0 aromatic heterocycles. The van der Waals surface area contributed by atoms with Crippen molar-refractivity contribution in [2.75, 3.05) is 24.6 Å². The van der Waals surface area contributed by atoms with Gasteiger partial charge in [-0.2, -0.15) is 0 Å². The molecule has 1 atom stereocenters. The molecule has 0 bridgehead atoms. The monoisotopic (exact) mass is 543 g/mol. The molecular weight excluding hydrogens is 506 g/mol. The van der Waals surface area contributed by atoms with Crippen LogP contribution >= 0.6 is 0 Å². The van der Waals surface area contributed by atoms with Crippen molar-refractivity contribution in [3.05, 3.63) is 89.0 Å². The summed E-state index contributed by atoms with van der Waals surface area (Å²) >= 11 is 0. The van der Waals surface area contributed by atoms with Gasteiger partial charge in [0.1, 0.15) is 11.5 Å². The van der Waals surface area contributed by atoms with Crippen molar-refractivity contribution in [3.63, 3.8) is 0 Å². The number of carbonyl (C=O) groups is 2. The van der Waals surface area contributed by atoms with Crippen LogP contribution in [-0.4, -0.2) is 48.0 Å². The van der Waals surface area contributed by atoms with E-state index >= 15 is 0 Å². The summed E-state index contributed by atoms with van der Waals surface area (Å²) in [7, 11) is 0. The molecule has 3 aromatic rings. The summed E-state index contributed by atoms with van der Waals surface area (Å²) in [5.41, 5.74) is 5.94. The molecule has 0 saturated carbocycles. The van der Waals surface area contributed by atoms with Crippen LogP contribution in [0, 0.1) is 5.92 Å². The molecule has 0 radical (unpaired) electrons. The standard InChI is InChI=1S/C33H37NO6/c35-31(36)11-4-18-34-22-30(33(37)38)40-32-25(9-3-10-29(32)34)15-12-23-13-16-28(17-14-23)39-19-5-6-24-20-26-7-1-2-8-27(26)21-24/h1-3,7-10,13-14,16-17,24,30H,4-6,11-12,15,18-22H2,(H,35,36)(H,37,38). The number of anilines is 1. The molecule has 0 fully saturated rings. The maximum Gasteiger partial charge on any atom is 0.346 e. The van der Waals surface area contributed by atoms with Gasteiger partial charge in [-0.15, -0.1) is 0 Å². The van der Waals surface area contributed by atoms with E-state index in [4.69, 9.17) is 14.6 Å². The molecule has 3 aromatic carbocycles. The van der Waals surface area contributed by atoms with Crippen molar-refractivity contribution in [3.8, 4) is 11.5 Å². The van der Waals surface area contributed by atoms with Crippen LogP contribution in [0.25, 0.3) is 0 Å². The number of aryl methyl sites for hydroxylation is 2. The molecular formula is C33H37NO6. The van der Waals surface area contributed by atoms with Gasteiger partial charge in [-0.3, -0.25) is 4.79 Å². The third-order valence-electron chi connectivity index (χ3n) is 7.92. The van der Waals surface area contributed by atoms with E-state index in [1.807, 2.05) is 35.2 Å². The van der Waals surface area contributed by atoms with Crippen LogP contribution in [0.4, 0.5) is 5.69 Å². The van der Waals surface area contributed by atoms with Crippen LogP contribution in [-0.2, 0) is 35.3 Å². The number of rotatable bonds is 13. The minimum Gasteiger partial charge on any atom is -0.494 e. The highest BCUT2D eigenvalue weighted by Crippen LogP contribution is 2.37. The fraction of sp³-hybridized carbons (Fsp3) is 0.394. The normalized spacial score (nSPS) is 16.2. The van der Waals surface area contributed by atoms with Crippen molar-refractivity contribution in [1.82, 2.24) is 0 Å². The molecule has 1 heterocycles. The van der Waals surface area contributed by atoms with Crippen LogP contribution in [0.15, 0.2) is 66.7 Å². The summed E-state index contributed by atoms with van der Waals surface area (Å²) in [6, 6.07) is 22.8.